The average Bonchev–Trinajstić information content (AvgIpc) is 2.69. The van der Waals surface area contributed by atoms with E-state index in [2.05, 4.69) is 79.7 Å². The van der Waals surface area contributed by atoms with Crippen LogP contribution in [0.5, 0.6) is 0 Å². The van der Waals surface area contributed by atoms with E-state index in [-0.39, 0.29) is 10.8 Å². The second-order valence-electron chi connectivity index (χ2n) is 9.56. The molecule has 1 heterocycles. The van der Waals surface area contributed by atoms with Gasteiger partial charge in [0.25, 0.3) is 0 Å². The molecular weight excluding hydrogens is 374 g/mol. The maximum atomic E-state index is 12.1. The molecule has 152 valence electrons. The van der Waals surface area contributed by atoms with Crippen LogP contribution in [0.1, 0.15) is 51.2 Å². The van der Waals surface area contributed by atoms with Crippen LogP contribution in [0.15, 0.2) is 71.1 Å². The van der Waals surface area contributed by atoms with E-state index < -0.39 is 0 Å². The Morgan fingerprint density at radius 3 is 2.41 bits per heavy atom. The summed E-state index contributed by atoms with van der Waals surface area (Å²) in [6, 6.07) is 19.8. The molecule has 2 nitrogen and oxygen atoms in total. The minimum absolute atomic E-state index is 0.0892. The van der Waals surface area contributed by atoms with Crippen LogP contribution in [-0.2, 0) is 16.6 Å². The molecule has 4 rings (SSSR count). The Labute approximate surface area is 179 Å². The van der Waals surface area contributed by atoms with Gasteiger partial charge in [0.05, 0.1) is 0 Å². The number of benzene rings is 2. The van der Waals surface area contributed by atoms with Gasteiger partial charge in [-0.3, -0.25) is 4.79 Å². The number of carbonyl (C=O) groups is 1. The molecule has 2 aromatic carbocycles. The van der Waals surface area contributed by atoms with Crippen LogP contribution in [0.4, 0.5) is 0 Å². The van der Waals surface area contributed by atoms with Gasteiger partial charge < -0.3 is 0 Å². The standard InChI is InChI=1S/C26H31NOS/c1-25(2,3)21-9-11-24(12-10-21)29-27-16-14-22-17-23(28)13-15-26(22,19-27)18-20-7-5-4-6-8-20/h4-12,17H,13-16,18-19H2,1-3H3. The van der Waals surface area contributed by atoms with Gasteiger partial charge in [-0.05, 0) is 66.0 Å². The highest BCUT2D eigenvalue weighted by molar-refractivity contribution is 7.97. The third-order valence-corrected chi connectivity index (χ3v) is 7.37. The Hall–Kier alpha value is -1.84. The predicted molar refractivity (Wildman–Crippen MR) is 122 cm³/mol. The van der Waals surface area contributed by atoms with E-state index in [4.69, 9.17) is 0 Å². The van der Waals surface area contributed by atoms with Crippen molar-refractivity contribution in [3.8, 4) is 0 Å². The number of rotatable bonds is 4. The lowest BCUT2D eigenvalue weighted by molar-refractivity contribution is -0.116. The van der Waals surface area contributed by atoms with Crippen molar-refractivity contribution >= 4 is 17.7 Å². The largest absolute Gasteiger partial charge is 0.295 e. The fourth-order valence-corrected chi connectivity index (χ4v) is 5.66. The number of piperidine rings is 1. The van der Waals surface area contributed by atoms with Gasteiger partial charge in [0, 0.05) is 29.8 Å². The molecule has 29 heavy (non-hydrogen) atoms. The van der Waals surface area contributed by atoms with Crippen molar-refractivity contribution in [3.05, 3.63) is 77.4 Å². The monoisotopic (exact) mass is 405 g/mol. The quantitative estimate of drug-likeness (QED) is 0.564. The third-order valence-electron chi connectivity index (χ3n) is 6.32. The van der Waals surface area contributed by atoms with E-state index in [0.29, 0.717) is 12.2 Å². The lowest BCUT2D eigenvalue weighted by Crippen LogP contribution is -2.45. The minimum atomic E-state index is 0.0892. The lowest BCUT2D eigenvalue weighted by Gasteiger charge is -2.46. The zero-order chi connectivity index (χ0) is 20.5. The summed E-state index contributed by atoms with van der Waals surface area (Å²) in [6.45, 7) is 8.77. The van der Waals surface area contributed by atoms with Crippen LogP contribution in [0.3, 0.4) is 0 Å². The molecule has 0 saturated carbocycles. The average molecular weight is 406 g/mol. The number of carbonyl (C=O) groups excluding carboxylic acids is 1. The fourth-order valence-electron chi connectivity index (χ4n) is 4.61. The SMILES string of the molecule is CC(C)(C)c1ccc(SN2CCC3=CC(=O)CCC3(Cc3ccccc3)C2)cc1. The minimum Gasteiger partial charge on any atom is -0.295 e. The van der Waals surface area contributed by atoms with Crippen molar-refractivity contribution in [3.63, 3.8) is 0 Å². The van der Waals surface area contributed by atoms with Crippen molar-refractivity contribution in [2.75, 3.05) is 13.1 Å². The highest BCUT2D eigenvalue weighted by atomic mass is 32.2. The van der Waals surface area contributed by atoms with Crippen molar-refractivity contribution < 1.29 is 4.79 Å². The summed E-state index contributed by atoms with van der Waals surface area (Å²) < 4.78 is 2.52. The van der Waals surface area contributed by atoms with Crippen molar-refractivity contribution in [2.24, 2.45) is 5.41 Å². The van der Waals surface area contributed by atoms with E-state index in [0.717, 1.165) is 32.4 Å². The summed E-state index contributed by atoms with van der Waals surface area (Å²) in [7, 11) is 0. The van der Waals surface area contributed by atoms with E-state index >= 15 is 0 Å². The zero-order valence-corrected chi connectivity index (χ0v) is 18.6. The first-order chi connectivity index (χ1) is 13.8. The topological polar surface area (TPSA) is 20.3 Å². The molecule has 0 N–H and O–H groups in total. The van der Waals surface area contributed by atoms with Crippen LogP contribution in [0.25, 0.3) is 0 Å². The van der Waals surface area contributed by atoms with E-state index in [1.165, 1.54) is 21.6 Å². The van der Waals surface area contributed by atoms with Gasteiger partial charge in [0.2, 0.25) is 0 Å². The molecule has 0 aromatic heterocycles. The maximum Gasteiger partial charge on any atom is 0.155 e. The Morgan fingerprint density at radius 1 is 1.00 bits per heavy atom. The molecule has 1 atom stereocenters. The molecule has 1 fully saturated rings. The molecule has 1 saturated heterocycles. The van der Waals surface area contributed by atoms with E-state index in [9.17, 15) is 4.79 Å². The van der Waals surface area contributed by atoms with Crippen LogP contribution >= 0.6 is 11.9 Å². The number of hydrogen-bond acceptors (Lipinski definition) is 3. The first kappa shape index (κ1) is 20.4. The third kappa shape index (κ3) is 4.67. The lowest BCUT2D eigenvalue weighted by atomic mass is 9.66. The molecule has 1 unspecified atom stereocenters. The first-order valence-electron chi connectivity index (χ1n) is 10.7. The van der Waals surface area contributed by atoms with Gasteiger partial charge in [-0.2, -0.15) is 0 Å². The van der Waals surface area contributed by atoms with Gasteiger partial charge in [0.1, 0.15) is 0 Å². The normalized spacial score (nSPS) is 22.9. The van der Waals surface area contributed by atoms with Crippen LogP contribution in [0.2, 0.25) is 0 Å². The molecule has 3 heteroatoms. The number of nitrogens with zero attached hydrogens (tertiary/aromatic N) is 1. The van der Waals surface area contributed by atoms with Crippen LogP contribution in [-0.4, -0.2) is 23.2 Å². The number of ketones is 1. The van der Waals surface area contributed by atoms with Crippen molar-refractivity contribution in [2.45, 2.75) is 56.8 Å². The summed E-state index contributed by atoms with van der Waals surface area (Å²) in [5.41, 5.74) is 4.39. The van der Waals surface area contributed by atoms with E-state index in [1.807, 2.05) is 18.0 Å². The van der Waals surface area contributed by atoms with Gasteiger partial charge in [-0.15, -0.1) is 0 Å². The fraction of sp³-hybridized carbons (Fsp3) is 0.423. The predicted octanol–water partition coefficient (Wildman–Crippen LogP) is 6.22. The number of hydrogen-bond donors (Lipinski definition) is 0. The summed E-state index contributed by atoms with van der Waals surface area (Å²) in [5, 5.41) is 0. The molecule has 1 aliphatic carbocycles. The number of fused-ring (bicyclic) bond motifs is 1. The highest BCUT2D eigenvalue weighted by Gasteiger charge is 2.42. The molecule has 0 amide bonds. The van der Waals surface area contributed by atoms with Gasteiger partial charge in [0.15, 0.2) is 5.78 Å². The molecule has 1 aliphatic heterocycles. The molecular formula is C26H31NOS. The van der Waals surface area contributed by atoms with Gasteiger partial charge in [-0.1, -0.05) is 68.8 Å². The second kappa shape index (κ2) is 8.12. The smallest absolute Gasteiger partial charge is 0.155 e. The van der Waals surface area contributed by atoms with Crippen molar-refractivity contribution in [1.29, 1.82) is 0 Å². The molecule has 2 aliphatic rings. The maximum absolute atomic E-state index is 12.1. The van der Waals surface area contributed by atoms with Crippen molar-refractivity contribution in [1.82, 2.24) is 4.31 Å². The van der Waals surface area contributed by atoms with Gasteiger partial charge in [-0.25, -0.2) is 4.31 Å². The summed E-state index contributed by atoms with van der Waals surface area (Å²) >= 11 is 1.87. The van der Waals surface area contributed by atoms with E-state index in [1.54, 1.807) is 0 Å². The highest BCUT2D eigenvalue weighted by Crippen LogP contribution is 2.47. The summed E-state index contributed by atoms with van der Waals surface area (Å²) in [6.07, 6.45) is 5.62. The second-order valence-corrected chi connectivity index (χ2v) is 10.7. The Bertz CT molecular complexity index is 895. The van der Waals surface area contributed by atoms with Crippen LogP contribution in [0, 0.1) is 5.41 Å². The Morgan fingerprint density at radius 2 is 1.72 bits per heavy atom. The molecule has 0 bridgehead atoms. The Balaban J connectivity index is 1.53. The molecule has 0 radical (unpaired) electrons. The van der Waals surface area contributed by atoms with Gasteiger partial charge >= 0.3 is 0 Å². The molecule has 0 spiro atoms. The first-order valence-corrected chi connectivity index (χ1v) is 11.4. The van der Waals surface area contributed by atoms with Crippen LogP contribution < -0.4 is 0 Å². The summed E-state index contributed by atoms with van der Waals surface area (Å²) in [4.78, 5) is 13.4. The summed E-state index contributed by atoms with van der Waals surface area (Å²) in [5.74, 6) is 0.308. The molecule has 2 aromatic rings. The Kier molecular flexibility index (Phi) is 5.72. The number of allylic oxidation sites excluding steroid dienone is 1. The zero-order valence-electron chi connectivity index (χ0n) is 17.8.